The van der Waals surface area contributed by atoms with E-state index >= 15 is 0 Å². The topological polar surface area (TPSA) is 89.1 Å². The summed E-state index contributed by atoms with van der Waals surface area (Å²) in [5, 5.41) is 7.75. The first-order valence-corrected chi connectivity index (χ1v) is 9.41. The maximum atomic E-state index is 12.1. The highest BCUT2D eigenvalue weighted by Gasteiger charge is 2.70. The van der Waals surface area contributed by atoms with Crippen molar-refractivity contribution in [2.24, 2.45) is 21.4 Å². The molecule has 0 aromatic heterocycles. The summed E-state index contributed by atoms with van der Waals surface area (Å²) >= 11 is 5.88. The monoisotopic (exact) mass is 374 g/mol. The number of halogens is 1. The summed E-state index contributed by atoms with van der Waals surface area (Å²) < 4.78 is 5.57. The Kier molecular flexibility index (Phi) is 4.49. The Morgan fingerprint density at radius 3 is 2.58 bits per heavy atom. The van der Waals surface area contributed by atoms with Gasteiger partial charge in [0.2, 0.25) is 5.91 Å². The van der Waals surface area contributed by atoms with Crippen molar-refractivity contribution in [3.05, 3.63) is 29.3 Å². The van der Waals surface area contributed by atoms with Crippen LogP contribution in [-0.4, -0.2) is 36.1 Å². The van der Waals surface area contributed by atoms with E-state index in [0.717, 1.165) is 43.5 Å². The minimum absolute atomic E-state index is 0.0220. The SMILES string of the molecule is NN=C(C=Nc1ccc(Cl)cc1)C12CC(NC(=O)COC3CCC3)(C1)C2. The predicted molar refractivity (Wildman–Crippen MR) is 102 cm³/mol. The minimum Gasteiger partial charge on any atom is -0.368 e. The van der Waals surface area contributed by atoms with Crippen molar-refractivity contribution in [3.63, 3.8) is 0 Å². The van der Waals surface area contributed by atoms with Gasteiger partial charge in [0, 0.05) is 16.0 Å². The van der Waals surface area contributed by atoms with Crippen LogP contribution in [0.4, 0.5) is 5.69 Å². The van der Waals surface area contributed by atoms with Crippen molar-refractivity contribution in [2.45, 2.75) is 50.2 Å². The Balaban J connectivity index is 1.28. The van der Waals surface area contributed by atoms with E-state index in [-0.39, 0.29) is 29.6 Å². The molecule has 1 amide bonds. The van der Waals surface area contributed by atoms with E-state index in [2.05, 4.69) is 15.4 Å². The predicted octanol–water partition coefficient (Wildman–Crippen LogP) is 2.97. The summed E-state index contributed by atoms with van der Waals surface area (Å²) in [6, 6.07) is 7.28. The van der Waals surface area contributed by atoms with Crippen LogP contribution in [0.25, 0.3) is 0 Å². The molecular weight excluding hydrogens is 352 g/mol. The van der Waals surface area contributed by atoms with E-state index in [0.29, 0.717) is 5.02 Å². The maximum absolute atomic E-state index is 12.1. The first kappa shape index (κ1) is 17.5. The number of nitrogens with zero attached hydrogens (tertiary/aromatic N) is 2. The van der Waals surface area contributed by atoms with Crippen LogP contribution in [0, 0.1) is 5.41 Å². The van der Waals surface area contributed by atoms with E-state index in [4.69, 9.17) is 22.2 Å². The van der Waals surface area contributed by atoms with Crippen molar-refractivity contribution in [1.82, 2.24) is 5.32 Å². The highest BCUT2D eigenvalue weighted by atomic mass is 35.5. The van der Waals surface area contributed by atoms with Gasteiger partial charge in [0.15, 0.2) is 0 Å². The summed E-state index contributed by atoms with van der Waals surface area (Å²) in [5.41, 5.74) is 1.43. The van der Waals surface area contributed by atoms with Gasteiger partial charge in [0.25, 0.3) is 0 Å². The number of hydrogen-bond donors (Lipinski definition) is 2. The third-order valence-electron chi connectivity index (χ3n) is 5.78. The number of hydrazone groups is 1. The Morgan fingerprint density at radius 1 is 1.31 bits per heavy atom. The second kappa shape index (κ2) is 6.67. The fraction of sp³-hybridized carbons (Fsp3) is 0.526. The lowest BCUT2D eigenvalue weighted by Gasteiger charge is -2.70. The van der Waals surface area contributed by atoms with Gasteiger partial charge in [-0.25, -0.2) is 0 Å². The van der Waals surface area contributed by atoms with Gasteiger partial charge in [-0.3, -0.25) is 9.79 Å². The smallest absolute Gasteiger partial charge is 0.246 e. The molecule has 4 fully saturated rings. The van der Waals surface area contributed by atoms with E-state index in [9.17, 15) is 4.79 Å². The zero-order chi connectivity index (χ0) is 18.2. The second-order valence-corrected chi connectivity index (χ2v) is 8.19. The van der Waals surface area contributed by atoms with Crippen molar-refractivity contribution in [3.8, 4) is 0 Å². The van der Waals surface area contributed by atoms with Gasteiger partial charge >= 0.3 is 0 Å². The number of ether oxygens (including phenoxy) is 1. The van der Waals surface area contributed by atoms with Crippen LogP contribution in [0.5, 0.6) is 0 Å². The molecule has 3 N–H and O–H groups in total. The molecule has 26 heavy (non-hydrogen) atoms. The highest BCUT2D eigenvalue weighted by Crippen LogP contribution is 2.67. The molecule has 0 unspecified atom stereocenters. The molecule has 4 aliphatic carbocycles. The lowest BCUT2D eigenvalue weighted by molar-refractivity contribution is -0.147. The van der Waals surface area contributed by atoms with Gasteiger partial charge in [-0.2, -0.15) is 5.10 Å². The number of nitrogens with one attached hydrogen (secondary N) is 1. The molecule has 0 saturated heterocycles. The molecule has 4 saturated carbocycles. The van der Waals surface area contributed by atoms with Crippen LogP contribution in [-0.2, 0) is 9.53 Å². The van der Waals surface area contributed by atoms with E-state index in [1.165, 1.54) is 6.42 Å². The molecule has 4 aliphatic rings. The highest BCUT2D eigenvalue weighted by molar-refractivity contribution is 6.34. The first-order chi connectivity index (χ1) is 12.5. The van der Waals surface area contributed by atoms with Gasteiger partial charge in [0.05, 0.1) is 23.7 Å². The third kappa shape index (κ3) is 3.23. The molecule has 1 aromatic rings. The van der Waals surface area contributed by atoms with E-state index in [1.54, 1.807) is 18.3 Å². The molecule has 0 radical (unpaired) electrons. The molecule has 138 valence electrons. The second-order valence-electron chi connectivity index (χ2n) is 7.75. The van der Waals surface area contributed by atoms with Crippen molar-refractivity contribution in [1.29, 1.82) is 0 Å². The first-order valence-electron chi connectivity index (χ1n) is 9.03. The summed E-state index contributed by atoms with van der Waals surface area (Å²) in [7, 11) is 0. The number of rotatable bonds is 7. The van der Waals surface area contributed by atoms with Crippen molar-refractivity contribution >= 4 is 35.1 Å². The molecule has 0 atom stereocenters. The van der Waals surface area contributed by atoms with Crippen LogP contribution in [0.3, 0.4) is 0 Å². The molecule has 1 aromatic carbocycles. The van der Waals surface area contributed by atoms with E-state index < -0.39 is 0 Å². The normalized spacial score (nSPS) is 30.4. The summed E-state index contributed by atoms with van der Waals surface area (Å²) in [4.78, 5) is 16.5. The molecule has 2 bridgehead atoms. The van der Waals surface area contributed by atoms with Gasteiger partial charge < -0.3 is 15.9 Å². The number of aliphatic imine (C=N–C) groups is 1. The van der Waals surface area contributed by atoms with E-state index in [1.807, 2.05) is 12.1 Å². The number of nitrogens with two attached hydrogens (primary N) is 1. The number of carbonyl (C=O) groups excluding carboxylic acids is 1. The van der Waals surface area contributed by atoms with Gasteiger partial charge in [-0.15, -0.1) is 0 Å². The van der Waals surface area contributed by atoms with Crippen molar-refractivity contribution in [2.75, 3.05) is 6.61 Å². The summed E-state index contributed by atoms with van der Waals surface area (Å²) in [6.07, 6.45) is 7.94. The molecular formula is C19H23ClN4O2. The fourth-order valence-electron chi connectivity index (χ4n) is 4.23. The standard InChI is InChI=1S/C19H23ClN4O2/c20-13-4-6-14(7-5-13)22-8-16(24-21)18-10-19(11-18,12-18)23-17(25)9-26-15-2-1-3-15/h4-8,15H,1-3,9-12,21H2,(H,23,25). The van der Waals surface area contributed by atoms with Gasteiger partial charge in [-0.1, -0.05) is 11.6 Å². The van der Waals surface area contributed by atoms with Crippen LogP contribution < -0.4 is 11.2 Å². The summed E-state index contributed by atoms with van der Waals surface area (Å²) in [6.45, 7) is 0.162. The summed E-state index contributed by atoms with van der Waals surface area (Å²) in [5.74, 6) is 5.57. The molecule has 7 heteroatoms. The number of carbonyl (C=O) groups is 1. The molecule has 6 nitrogen and oxygen atoms in total. The van der Waals surface area contributed by atoms with Crippen LogP contribution in [0.1, 0.15) is 38.5 Å². The fourth-order valence-corrected chi connectivity index (χ4v) is 4.35. The molecule has 0 heterocycles. The van der Waals surface area contributed by atoms with Crippen LogP contribution >= 0.6 is 11.6 Å². The Morgan fingerprint density at radius 2 is 2.00 bits per heavy atom. The number of hydrogen-bond acceptors (Lipinski definition) is 5. The quantitative estimate of drug-likeness (QED) is 0.437. The lowest BCUT2D eigenvalue weighted by atomic mass is 9.38. The zero-order valence-corrected chi connectivity index (χ0v) is 15.3. The molecule has 0 aliphatic heterocycles. The zero-order valence-electron chi connectivity index (χ0n) is 14.6. The average molecular weight is 375 g/mol. The van der Waals surface area contributed by atoms with Crippen LogP contribution in [0.2, 0.25) is 5.02 Å². The lowest BCUT2D eigenvalue weighted by Crippen LogP contribution is -2.77. The largest absolute Gasteiger partial charge is 0.368 e. The van der Waals surface area contributed by atoms with Gasteiger partial charge in [0.1, 0.15) is 6.61 Å². The third-order valence-corrected chi connectivity index (χ3v) is 6.03. The van der Waals surface area contributed by atoms with Crippen molar-refractivity contribution < 1.29 is 9.53 Å². The average Bonchev–Trinajstić information content (AvgIpc) is 2.51. The Hall–Kier alpha value is -1.92. The maximum Gasteiger partial charge on any atom is 0.246 e. The number of benzene rings is 1. The van der Waals surface area contributed by atoms with Gasteiger partial charge in [-0.05, 0) is 62.8 Å². The Labute approximate surface area is 157 Å². The molecule has 0 spiro atoms. The molecule has 5 rings (SSSR count). The Bertz CT molecular complexity index is 736. The minimum atomic E-state index is -0.107. The van der Waals surface area contributed by atoms with Crippen LogP contribution in [0.15, 0.2) is 34.4 Å². The number of amides is 1.